The van der Waals surface area contributed by atoms with Gasteiger partial charge in [-0.2, -0.15) is 0 Å². The molecular formula is C7H6N6O. The summed E-state index contributed by atoms with van der Waals surface area (Å²) in [5.41, 5.74) is 11.2. The average Bonchev–Trinajstić information content (AvgIpc) is 2.18. The summed E-state index contributed by atoms with van der Waals surface area (Å²) in [7, 11) is 0. The Morgan fingerprint density at radius 1 is 1.29 bits per heavy atom. The molecular weight excluding hydrogens is 184 g/mol. The molecule has 0 unspecified atom stereocenters. The molecule has 0 aliphatic rings. The highest BCUT2D eigenvalue weighted by Crippen LogP contribution is 2.10. The van der Waals surface area contributed by atoms with Gasteiger partial charge in [-0.1, -0.05) is 0 Å². The number of hydrogen-bond donors (Lipinski definition) is 2. The van der Waals surface area contributed by atoms with E-state index in [-0.39, 0.29) is 17.0 Å². The summed E-state index contributed by atoms with van der Waals surface area (Å²) in [6.45, 7) is 0. The second-order valence-electron chi connectivity index (χ2n) is 2.55. The van der Waals surface area contributed by atoms with E-state index in [9.17, 15) is 4.79 Å². The molecule has 1 amide bonds. The monoisotopic (exact) mass is 190 g/mol. The van der Waals surface area contributed by atoms with Gasteiger partial charge in [0.25, 0.3) is 5.91 Å². The summed E-state index contributed by atoms with van der Waals surface area (Å²) in [6.07, 6.45) is 2.52. The molecule has 0 bridgehead atoms. The lowest BCUT2D eigenvalue weighted by Crippen LogP contribution is -2.14. The van der Waals surface area contributed by atoms with Crippen molar-refractivity contribution in [2.45, 2.75) is 0 Å². The number of anilines is 1. The van der Waals surface area contributed by atoms with Crippen LogP contribution >= 0.6 is 0 Å². The summed E-state index contributed by atoms with van der Waals surface area (Å²) >= 11 is 0. The fraction of sp³-hybridized carbons (Fsp3) is 0. The molecule has 0 radical (unpaired) electrons. The molecule has 0 aliphatic carbocycles. The topological polar surface area (TPSA) is 121 Å². The van der Waals surface area contributed by atoms with E-state index >= 15 is 0 Å². The van der Waals surface area contributed by atoms with Crippen molar-refractivity contribution in [2.75, 3.05) is 5.73 Å². The van der Waals surface area contributed by atoms with E-state index in [0.717, 1.165) is 0 Å². The maximum atomic E-state index is 10.8. The number of nitrogen functional groups attached to an aromatic ring is 1. The van der Waals surface area contributed by atoms with E-state index in [1.165, 1.54) is 12.5 Å². The molecule has 2 rings (SSSR count). The quantitative estimate of drug-likeness (QED) is 0.601. The van der Waals surface area contributed by atoms with Crippen molar-refractivity contribution in [3.63, 3.8) is 0 Å². The van der Waals surface area contributed by atoms with Crippen molar-refractivity contribution >= 4 is 22.9 Å². The number of fused-ring (bicyclic) bond motifs is 1. The van der Waals surface area contributed by atoms with E-state index in [1.807, 2.05) is 0 Å². The Morgan fingerprint density at radius 2 is 2.07 bits per heavy atom. The molecule has 0 saturated heterocycles. The number of carbonyl (C=O) groups is 1. The van der Waals surface area contributed by atoms with Gasteiger partial charge in [-0.05, 0) is 0 Å². The third-order valence-corrected chi connectivity index (χ3v) is 1.63. The maximum absolute atomic E-state index is 10.8. The number of nitrogens with two attached hydrogens (primary N) is 2. The van der Waals surface area contributed by atoms with Crippen LogP contribution in [0.25, 0.3) is 11.2 Å². The Balaban J connectivity index is 2.76. The first-order valence-corrected chi connectivity index (χ1v) is 3.71. The molecule has 4 N–H and O–H groups in total. The number of primary amides is 1. The van der Waals surface area contributed by atoms with Crippen LogP contribution in [-0.4, -0.2) is 25.8 Å². The van der Waals surface area contributed by atoms with Crippen LogP contribution in [0.1, 0.15) is 10.5 Å². The minimum Gasteiger partial charge on any atom is -0.382 e. The molecule has 7 heteroatoms. The summed E-state index contributed by atoms with van der Waals surface area (Å²) in [4.78, 5) is 26.1. The lowest BCUT2D eigenvalue weighted by atomic mass is 10.4. The number of aromatic nitrogens is 4. The van der Waals surface area contributed by atoms with Crippen LogP contribution < -0.4 is 11.5 Å². The fourth-order valence-electron chi connectivity index (χ4n) is 0.975. The molecule has 0 aliphatic heterocycles. The van der Waals surface area contributed by atoms with Gasteiger partial charge in [-0.15, -0.1) is 0 Å². The first-order chi connectivity index (χ1) is 6.68. The summed E-state index contributed by atoms with van der Waals surface area (Å²) in [5.74, 6) is -0.492. The average molecular weight is 190 g/mol. The predicted octanol–water partition coefficient (Wildman–Crippen LogP) is -0.899. The number of nitrogens with zero attached hydrogens (tertiary/aromatic N) is 4. The van der Waals surface area contributed by atoms with Crippen LogP contribution in [0.15, 0.2) is 12.5 Å². The molecule has 0 spiro atoms. The van der Waals surface area contributed by atoms with Gasteiger partial charge in [0.05, 0.1) is 6.20 Å². The van der Waals surface area contributed by atoms with Gasteiger partial charge in [0.15, 0.2) is 17.0 Å². The molecule has 0 saturated carbocycles. The Morgan fingerprint density at radius 3 is 2.79 bits per heavy atom. The van der Waals surface area contributed by atoms with Crippen molar-refractivity contribution in [1.82, 2.24) is 19.9 Å². The highest BCUT2D eigenvalue weighted by molar-refractivity contribution is 5.93. The van der Waals surface area contributed by atoms with Crippen molar-refractivity contribution < 1.29 is 4.79 Å². The van der Waals surface area contributed by atoms with Crippen LogP contribution in [0.3, 0.4) is 0 Å². The molecule has 14 heavy (non-hydrogen) atoms. The summed E-state index contributed by atoms with van der Waals surface area (Å²) in [5, 5.41) is 0. The van der Waals surface area contributed by atoms with Gasteiger partial charge in [0, 0.05) is 0 Å². The maximum Gasteiger partial charge on any atom is 0.268 e. The molecule has 0 atom stereocenters. The van der Waals surface area contributed by atoms with E-state index < -0.39 is 5.91 Å². The van der Waals surface area contributed by atoms with E-state index in [1.54, 1.807) is 0 Å². The number of hydrogen-bond acceptors (Lipinski definition) is 6. The highest BCUT2D eigenvalue weighted by Gasteiger charge is 2.07. The molecule has 7 nitrogen and oxygen atoms in total. The fourth-order valence-corrected chi connectivity index (χ4v) is 0.975. The number of rotatable bonds is 1. The van der Waals surface area contributed by atoms with E-state index in [4.69, 9.17) is 11.5 Å². The summed E-state index contributed by atoms with van der Waals surface area (Å²) < 4.78 is 0. The Kier molecular flexibility index (Phi) is 1.70. The molecule has 2 aromatic rings. The van der Waals surface area contributed by atoms with Crippen LogP contribution in [0.4, 0.5) is 5.82 Å². The third-order valence-electron chi connectivity index (χ3n) is 1.63. The van der Waals surface area contributed by atoms with Crippen LogP contribution in [0, 0.1) is 0 Å². The zero-order valence-corrected chi connectivity index (χ0v) is 7.01. The van der Waals surface area contributed by atoms with Gasteiger partial charge in [-0.3, -0.25) is 4.79 Å². The van der Waals surface area contributed by atoms with Gasteiger partial charge < -0.3 is 11.5 Å². The van der Waals surface area contributed by atoms with Crippen molar-refractivity contribution in [3.8, 4) is 0 Å². The van der Waals surface area contributed by atoms with Crippen LogP contribution in [0.5, 0.6) is 0 Å². The van der Waals surface area contributed by atoms with Crippen molar-refractivity contribution in [1.29, 1.82) is 0 Å². The molecule has 70 valence electrons. The largest absolute Gasteiger partial charge is 0.382 e. The van der Waals surface area contributed by atoms with Crippen molar-refractivity contribution in [2.24, 2.45) is 5.73 Å². The van der Waals surface area contributed by atoms with Crippen molar-refractivity contribution in [3.05, 3.63) is 18.2 Å². The highest BCUT2D eigenvalue weighted by atomic mass is 16.1. The molecule has 2 heterocycles. The minimum atomic E-state index is -0.664. The Labute approximate surface area is 78.2 Å². The second kappa shape index (κ2) is 2.87. The lowest BCUT2D eigenvalue weighted by Gasteiger charge is -1.99. The normalized spacial score (nSPS) is 10.3. The predicted molar refractivity (Wildman–Crippen MR) is 48.1 cm³/mol. The SMILES string of the molecule is NC(=O)c1cnc2ncnc(N)c2n1. The van der Waals surface area contributed by atoms with Crippen LogP contribution in [-0.2, 0) is 0 Å². The first-order valence-electron chi connectivity index (χ1n) is 3.71. The Bertz CT molecular complexity index is 511. The second-order valence-corrected chi connectivity index (χ2v) is 2.55. The van der Waals surface area contributed by atoms with E-state index in [0.29, 0.717) is 5.65 Å². The lowest BCUT2D eigenvalue weighted by molar-refractivity contribution is 0.0995. The van der Waals surface area contributed by atoms with Crippen LogP contribution in [0.2, 0.25) is 0 Å². The smallest absolute Gasteiger partial charge is 0.268 e. The van der Waals surface area contributed by atoms with Gasteiger partial charge >= 0.3 is 0 Å². The third kappa shape index (κ3) is 1.20. The van der Waals surface area contributed by atoms with Gasteiger partial charge in [0.2, 0.25) is 0 Å². The van der Waals surface area contributed by atoms with E-state index in [2.05, 4.69) is 19.9 Å². The van der Waals surface area contributed by atoms with Gasteiger partial charge in [0.1, 0.15) is 12.0 Å². The number of carbonyl (C=O) groups excluding carboxylic acids is 1. The standard InChI is InChI=1S/C7H6N6O/c8-5-4-7(12-2-11-5)10-1-3(13-4)6(9)14/h1-2H,(H2,9,14)(H2,8,10,11,12). The minimum absolute atomic E-state index is 0.0407. The molecule has 0 fully saturated rings. The zero-order valence-electron chi connectivity index (χ0n) is 7.01. The first kappa shape index (κ1) is 8.30. The zero-order chi connectivity index (χ0) is 10.1. The molecule has 0 aromatic carbocycles. The number of amides is 1. The van der Waals surface area contributed by atoms with Gasteiger partial charge in [-0.25, -0.2) is 19.9 Å². The summed E-state index contributed by atoms with van der Waals surface area (Å²) in [6, 6.07) is 0. The molecule has 2 aromatic heterocycles. The Hall–Kier alpha value is -2.31.